The summed E-state index contributed by atoms with van der Waals surface area (Å²) in [6.07, 6.45) is -0.420. The standard InChI is InChI=1S/C9H11NO2.C3H4O4/c10-8(9(11)12)6-7-4-2-1-3-5-7;4-2(5)1-3(6)7/h1-5,8H,6,10H2,(H,11,12);1H2,(H,4,5)(H,6,7). The molecule has 1 aromatic rings. The van der Waals surface area contributed by atoms with Crippen LogP contribution in [-0.4, -0.2) is 39.3 Å². The molecule has 0 heterocycles. The summed E-state index contributed by atoms with van der Waals surface area (Å²) in [6.45, 7) is 0. The molecule has 1 rings (SSSR count). The minimum absolute atomic E-state index is 0.385. The summed E-state index contributed by atoms with van der Waals surface area (Å²) in [5.74, 6) is -3.58. The Kier molecular flexibility index (Phi) is 7.55. The van der Waals surface area contributed by atoms with Gasteiger partial charge in [0.15, 0.2) is 0 Å². The Hall–Kier alpha value is -2.41. The summed E-state index contributed by atoms with van der Waals surface area (Å²) in [5.41, 5.74) is 6.30. The lowest BCUT2D eigenvalue weighted by Crippen LogP contribution is -2.32. The number of hydrogen-bond donors (Lipinski definition) is 4. The van der Waals surface area contributed by atoms with Crippen molar-refractivity contribution in [3.05, 3.63) is 35.9 Å². The molecule has 0 spiro atoms. The maximum atomic E-state index is 10.4. The average Bonchev–Trinajstić information content (AvgIpc) is 2.29. The number of benzene rings is 1. The van der Waals surface area contributed by atoms with Crippen LogP contribution in [0.25, 0.3) is 0 Å². The van der Waals surface area contributed by atoms with E-state index in [2.05, 4.69) is 0 Å². The van der Waals surface area contributed by atoms with Crippen molar-refractivity contribution in [1.82, 2.24) is 0 Å². The number of rotatable bonds is 5. The molecule has 0 aliphatic rings. The van der Waals surface area contributed by atoms with Gasteiger partial charge in [0, 0.05) is 0 Å². The number of aliphatic carboxylic acids is 3. The SMILES string of the molecule is NC(Cc1ccccc1)C(=O)O.O=C(O)CC(=O)O. The maximum Gasteiger partial charge on any atom is 0.320 e. The van der Waals surface area contributed by atoms with Gasteiger partial charge in [0.2, 0.25) is 0 Å². The second-order valence-electron chi connectivity index (χ2n) is 3.60. The molecule has 104 valence electrons. The van der Waals surface area contributed by atoms with Crippen LogP contribution in [0.2, 0.25) is 0 Å². The van der Waals surface area contributed by atoms with Gasteiger partial charge < -0.3 is 21.1 Å². The normalized spacial score (nSPS) is 10.8. The highest BCUT2D eigenvalue weighted by atomic mass is 16.4. The predicted octanol–water partition coefficient (Wildman–Crippen LogP) is 0.187. The highest BCUT2D eigenvalue weighted by Crippen LogP contribution is 2.01. The van der Waals surface area contributed by atoms with Crippen LogP contribution in [0.5, 0.6) is 0 Å². The van der Waals surface area contributed by atoms with Crippen molar-refractivity contribution in [3.63, 3.8) is 0 Å². The molecule has 5 N–H and O–H groups in total. The van der Waals surface area contributed by atoms with Crippen LogP contribution in [0.15, 0.2) is 30.3 Å². The van der Waals surface area contributed by atoms with Crippen molar-refractivity contribution < 1.29 is 29.7 Å². The molecule has 0 saturated carbocycles. The van der Waals surface area contributed by atoms with Gasteiger partial charge in [-0.05, 0) is 12.0 Å². The minimum Gasteiger partial charge on any atom is -0.481 e. The molecule has 0 aliphatic heterocycles. The lowest BCUT2D eigenvalue weighted by atomic mass is 10.1. The van der Waals surface area contributed by atoms with E-state index in [1.807, 2.05) is 30.3 Å². The topological polar surface area (TPSA) is 138 Å². The van der Waals surface area contributed by atoms with E-state index < -0.39 is 30.4 Å². The molecule has 1 aromatic carbocycles. The quantitative estimate of drug-likeness (QED) is 0.559. The van der Waals surface area contributed by atoms with E-state index in [1.165, 1.54) is 0 Å². The van der Waals surface area contributed by atoms with E-state index in [9.17, 15) is 14.4 Å². The van der Waals surface area contributed by atoms with Crippen molar-refractivity contribution in [3.8, 4) is 0 Å². The summed E-state index contributed by atoms with van der Waals surface area (Å²) < 4.78 is 0. The summed E-state index contributed by atoms with van der Waals surface area (Å²) in [7, 11) is 0. The maximum absolute atomic E-state index is 10.4. The summed E-state index contributed by atoms with van der Waals surface area (Å²) >= 11 is 0. The molecule has 0 saturated heterocycles. The number of carboxylic acids is 3. The predicted molar refractivity (Wildman–Crippen MR) is 65.6 cm³/mol. The summed E-state index contributed by atoms with van der Waals surface area (Å²) in [4.78, 5) is 29.2. The van der Waals surface area contributed by atoms with Crippen LogP contribution < -0.4 is 5.73 Å². The molecule has 0 radical (unpaired) electrons. The van der Waals surface area contributed by atoms with Crippen LogP contribution in [0, 0.1) is 0 Å². The summed E-state index contributed by atoms with van der Waals surface area (Å²) in [6, 6.07) is 8.54. The Balaban J connectivity index is 0.000000399. The molecule has 7 heteroatoms. The first kappa shape index (κ1) is 16.6. The van der Waals surface area contributed by atoms with Gasteiger partial charge in [-0.1, -0.05) is 30.3 Å². The molecule has 0 amide bonds. The van der Waals surface area contributed by atoms with Gasteiger partial charge in [-0.15, -0.1) is 0 Å². The molecule has 1 unspecified atom stereocenters. The summed E-state index contributed by atoms with van der Waals surface area (Å²) in [5, 5.41) is 23.9. The molecule has 0 bridgehead atoms. The molecular formula is C12H15NO6. The first-order chi connectivity index (χ1) is 8.82. The Morgan fingerprint density at radius 2 is 1.47 bits per heavy atom. The highest BCUT2D eigenvalue weighted by Gasteiger charge is 2.10. The molecular weight excluding hydrogens is 254 g/mol. The van der Waals surface area contributed by atoms with E-state index in [0.717, 1.165) is 5.56 Å². The molecule has 7 nitrogen and oxygen atoms in total. The first-order valence-corrected chi connectivity index (χ1v) is 5.28. The van der Waals surface area contributed by atoms with Gasteiger partial charge in [0.05, 0.1) is 0 Å². The third-order valence-electron chi connectivity index (χ3n) is 1.92. The molecule has 0 aliphatic carbocycles. The van der Waals surface area contributed by atoms with E-state index in [-0.39, 0.29) is 0 Å². The second-order valence-corrected chi connectivity index (χ2v) is 3.60. The number of carbonyl (C=O) groups is 3. The van der Waals surface area contributed by atoms with Crippen LogP contribution in [-0.2, 0) is 20.8 Å². The van der Waals surface area contributed by atoms with Gasteiger partial charge in [-0.3, -0.25) is 14.4 Å². The third-order valence-corrected chi connectivity index (χ3v) is 1.92. The van der Waals surface area contributed by atoms with E-state index in [0.29, 0.717) is 6.42 Å². The zero-order valence-electron chi connectivity index (χ0n) is 10.0. The first-order valence-electron chi connectivity index (χ1n) is 5.28. The number of hydrogen-bond acceptors (Lipinski definition) is 4. The average molecular weight is 269 g/mol. The molecule has 0 fully saturated rings. The fourth-order valence-electron chi connectivity index (χ4n) is 1.08. The third kappa shape index (κ3) is 9.31. The minimum atomic E-state index is -1.31. The lowest BCUT2D eigenvalue weighted by Gasteiger charge is -2.04. The Labute approximate surface area is 109 Å². The van der Waals surface area contributed by atoms with E-state index in [1.54, 1.807) is 0 Å². The van der Waals surface area contributed by atoms with Gasteiger partial charge >= 0.3 is 17.9 Å². The smallest absolute Gasteiger partial charge is 0.320 e. The van der Waals surface area contributed by atoms with Crippen molar-refractivity contribution in [2.45, 2.75) is 18.9 Å². The molecule has 1 atom stereocenters. The lowest BCUT2D eigenvalue weighted by molar-refractivity contribution is -0.147. The van der Waals surface area contributed by atoms with Gasteiger partial charge in [-0.25, -0.2) is 0 Å². The van der Waals surface area contributed by atoms with Gasteiger partial charge in [-0.2, -0.15) is 0 Å². The fraction of sp³-hybridized carbons (Fsp3) is 0.250. The van der Waals surface area contributed by atoms with Crippen LogP contribution in [0.4, 0.5) is 0 Å². The molecule has 0 aromatic heterocycles. The number of carboxylic acid groups (broad SMARTS) is 3. The van der Waals surface area contributed by atoms with E-state index >= 15 is 0 Å². The van der Waals surface area contributed by atoms with Crippen molar-refractivity contribution >= 4 is 17.9 Å². The second kappa shape index (κ2) is 8.65. The highest BCUT2D eigenvalue weighted by molar-refractivity contribution is 5.88. The molecule has 19 heavy (non-hydrogen) atoms. The zero-order valence-corrected chi connectivity index (χ0v) is 10.0. The van der Waals surface area contributed by atoms with Crippen LogP contribution in [0.3, 0.4) is 0 Å². The Bertz CT molecular complexity index is 419. The Morgan fingerprint density at radius 3 is 1.79 bits per heavy atom. The van der Waals surface area contributed by atoms with Gasteiger partial charge in [0.1, 0.15) is 12.5 Å². The monoisotopic (exact) mass is 269 g/mol. The number of nitrogens with two attached hydrogens (primary N) is 1. The van der Waals surface area contributed by atoms with Crippen LogP contribution in [0.1, 0.15) is 12.0 Å². The van der Waals surface area contributed by atoms with Crippen molar-refractivity contribution in [2.75, 3.05) is 0 Å². The van der Waals surface area contributed by atoms with Gasteiger partial charge in [0.25, 0.3) is 0 Å². The Morgan fingerprint density at radius 1 is 1.00 bits per heavy atom. The largest absolute Gasteiger partial charge is 0.481 e. The zero-order chi connectivity index (χ0) is 14.8. The fourth-order valence-corrected chi connectivity index (χ4v) is 1.08. The van der Waals surface area contributed by atoms with E-state index in [4.69, 9.17) is 21.1 Å². The van der Waals surface area contributed by atoms with Crippen molar-refractivity contribution in [1.29, 1.82) is 0 Å². The van der Waals surface area contributed by atoms with Crippen molar-refractivity contribution in [2.24, 2.45) is 5.73 Å². The van der Waals surface area contributed by atoms with Crippen LogP contribution >= 0.6 is 0 Å².